The van der Waals surface area contributed by atoms with Crippen LogP contribution in [0, 0.1) is 0 Å². The summed E-state index contributed by atoms with van der Waals surface area (Å²) in [6.45, 7) is 0.241. The quantitative estimate of drug-likeness (QED) is 0.383. The lowest BCUT2D eigenvalue weighted by Gasteiger charge is -2.06. The summed E-state index contributed by atoms with van der Waals surface area (Å²) in [5.41, 5.74) is 4.73. The Hall–Kier alpha value is -3.71. The molecule has 0 aliphatic heterocycles. The van der Waals surface area contributed by atoms with Crippen molar-refractivity contribution in [1.82, 2.24) is 19.2 Å². The Bertz CT molecular complexity index is 1270. The summed E-state index contributed by atoms with van der Waals surface area (Å²) in [7, 11) is 0. The summed E-state index contributed by atoms with van der Waals surface area (Å²) >= 11 is 1.52. The SMILES string of the molecule is O=C(Cc1csc2nc(-c3ccccc3)cn12)OCc1ccc(-n2cccn2)cc1. The maximum atomic E-state index is 12.4. The number of hydrogen-bond acceptors (Lipinski definition) is 5. The normalized spacial score (nSPS) is 11.1. The summed E-state index contributed by atoms with van der Waals surface area (Å²) in [6.07, 6.45) is 5.80. The molecule has 0 bridgehead atoms. The largest absolute Gasteiger partial charge is 0.461 e. The number of esters is 1. The molecule has 3 aromatic heterocycles. The van der Waals surface area contributed by atoms with Crippen molar-refractivity contribution < 1.29 is 9.53 Å². The first-order chi connectivity index (χ1) is 14.8. The Morgan fingerprint density at radius 1 is 1.03 bits per heavy atom. The smallest absolute Gasteiger partial charge is 0.312 e. The van der Waals surface area contributed by atoms with Crippen molar-refractivity contribution in [3.8, 4) is 16.9 Å². The zero-order valence-corrected chi connectivity index (χ0v) is 16.8. The lowest BCUT2D eigenvalue weighted by Crippen LogP contribution is -2.09. The highest BCUT2D eigenvalue weighted by Gasteiger charge is 2.13. The maximum Gasteiger partial charge on any atom is 0.312 e. The van der Waals surface area contributed by atoms with Crippen molar-refractivity contribution >= 4 is 22.3 Å². The van der Waals surface area contributed by atoms with Gasteiger partial charge in [0.1, 0.15) is 6.61 Å². The topological polar surface area (TPSA) is 61.4 Å². The van der Waals surface area contributed by atoms with Crippen LogP contribution in [0.2, 0.25) is 0 Å². The molecule has 6 nitrogen and oxygen atoms in total. The summed E-state index contributed by atoms with van der Waals surface area (Å²) in [5.74, 6) is -0.263. The molecule has 30 heavy (non-hydrogen) atoms. The van der Waals surface area contributed by atoms with Crippen LogP contribution in [0.4, 0.5) is 0 Å². The third kappa shape index (κ3) is 3.75. The average Bonchev–Trinajstić information content (AvgIpc) is 3.52. The number of rotatable bonds is 6. The Morgan fingerprint density at radius 2 is 1.87 bits per heavy atom. The summed E-state index contributed by atoms with van der Waals surface area (Å²) in [6, 6.07) is 19.7. The van der Waals surface area contributed by atoms with Crippen molar-refractivity contribution in [2.75, 3.05) is 0 Å². The Labute approximate surface area is 177 Å². The van der Waals surface area contributed by atoms with E-state index in [0.717, 1.165) is 33.2 Å². The van der Waals surface area contributed by atoms with Crippen LogP contribution in [-0.4, -0.2) is 25.1 Å². The van der Waals surface area contributed by atoms with Gasteiger partial charge in [-0.15, -0.1) is 11.3 Å². The van der Waals surface area contributed by atoms with Crippen molar-refractivity contribution in [2.24, 2.45) is 0 Å². The third-order valence-corrected chi connectivity index (χ3v) is 5.67. The van der Waals surface area contributed by atoms with Crippen LogP contribution in [0.1, 0.15) is 11.3 Å². The highest BCUT2D eigenvalue weighted by atomic mass is 32.1. The van der Waals surface area contributed by atoms with E-state index in [9.17, 15) is 4.79 Å². The van der Waals surface area contributed by atoms with Gasteiger partial charge in [-0.3, -0.25) is 9.20 Å². The average molecular weight is 414 g/mol. The first-order valence-corrected chi connectivity index (χ1v) is 10.4. The van der Waals surface area contributed by atoms with Gasteiger partial charge in [0, 0.05) is 35.2 Å². The Morgan fingerprint density at radius 3 is 2.63 bits per heavy atom. The molecule has 0 atom stereocenters. The van der Waals surface area contributed by atoms with Gasteiger partial charge in [-0.1, -0.05) is 42.5 Å². The van der Waals surface area contributed by atoms with E-state index in [0.29, 0.717) is 0 Å². The number of nitrogens with zero attached hydrogens (tertiary/aromatic N) is 4. The molecule has 0 N–H and O–H groups in total. The van der Waals surface area contributed by atoms with Gasteiger partial charge in [-0.05, 0) is 23.8 Å². The van der Waals surface area contributed by atoms with Gasteiger partial charge in [0.25, 0.3) is 0 Å². The number of fused-ring (bicyclic) bond motifs is 1. The van der Waals surface area contributed by atoms with Crippen LogP contribution in [-0.2, 0) is 22.6 Å². The fourth-order valence-corrected chi connectivity index (χ4v) is 4.11. The molecule has 0 fully saturated rings. The molecule has 0 aliphatic rings. The van der Waals surface area contributed by atoms with E-state index in [1.54, 1.807) is 10.9 Å². The van der Waals surface area contributed by atoms with E-state index < -0.39 is 0 Å². The second-order valence-electron chi connectivity index (χ2n) is 6.83. The second kappa shape index (κ2) is 7.96. The molecule has 2 aromatic carbocycles. The molecule has 0 radical (unpaired) electrons. The lowest BCUT2D eigenvalue weighted by atomic mass is 10.2. The van der Waals surface area contributed by atoms with E-state index in [-0.39, 0.29) is 19.0 Å². The number of imidazole rings is 1. The van der Waals surface area contributed by atoms with Crippen LogP contribution in [0.5, 0.6) is 0 Å². The van der Waals surface area contributed by atoms with E-state index in [1.165, 1.54) is 11.3 Å². The molecule has 148 valence electrons. The lowest BCUT2D eigenvalue weighted by molar-refractivity contribution is -0.144. The van der Waals surface area contributed by atoms with Gasteiger partial charge in [0.05, 0.1) is 17.8 Å². The molecule has 0 aliphatic carbocycles. The standard InChI is InChI=1S/C23H18N4O2S/c28-22(29-15-17-7-9-19(10-8-17)27-12-4-11-24-27)13-20-16-30-23-25-21(14-26(20)23)18-5-2-1-3-6-18/h1-12,14,16H,13,15H2. The van der Waals surface area contributed by atoms with Gasteiger partial charge >= 0.3 is 5.97 Å². The van der Waals surface area contributed by atoms with Gasteiger partial charge in [-0.25, -0.2) is 9.67 Å². The number of thiazole rings is 1. The van der Waals surface area contributed by atoms with Crippen LogP contribution < -0.4 is 0 Å². The molecule has 0 saturated carbocycles. The van der Waals surface area contributed by atoms with E-state index in [4.69, 9.17) is 4.74 Å². The maximum absolute atomic E-state index is 12.4. The van der Waals surface area contributed by atoms with E-state index >= 15 is 0 Å². The van der Waals surface area contributed by atoms with Gasteiger partial charge in [-0.2, -0.15) is 5.10 Å². The number of aromatic nitrogens is 4. The van der Waals surface area contributed by atoms with Crippen molar-refractivity contribution in [3.63, 3.8) is 0 Å². The number of benzene rings is 2. The molecule has 0 saturated heterocycles. The number of carbonyl (C=O) groups excluding carboxylic acids is 1. The highest BCUT2D eigenvalue weighted by molar-refractivity contribution is 7.15. The van der Waals surface area contributed by atoms with Crippen LogP contribution in [0.3, 0.4) is 0 Å². The van der Waals surface area contributed by atoms with Gasteiger partial charge in [0.15, 0.2) is 4.96 Å². The van der Waals surface area contributed by atoms with Gasteiger partial charge < -0.3 is 4.74 Å². The van der Waals surface area contributed by atoms with Crippen LogP contribution >= 0.6 is 11.3 Å². The molecular weight excluding hydrogens is 396 g/mol. The second-order valence-corrected chi connectivity index (χ2v) is 7.66. The third-order valence-electron chi connectivity index (χ3n) is 4.78. The summed E-state index contributed by atoms with van der Waals surface area (Å²) in [4.78, 5) is 17.9. The predicted molar refractivity (Wildman–Crippen MR) is 116 cm³/mol. The minimum absolute atomic E-state index is 0.204. The fourth-order valence-electron chi connectivity index (χ4n) is 3.23. The van der Waals surface area contributed by atoms with E-state index in [1.807, 2.05) is 82.8 Å². The van der Waals surface area contributed by atoms with Crippen LogP contribution in [0.15, 0.2) is 84.6 Å². The first kappa shape index (κ1) is 18.3. The number of hydrogen-bond donors (Lipinski definition) is 0. The monoisotopic (exact) mass is 414 g/mol. The Kier molecular flexibility index (Phi) is 4.86. The first-order valence-electron chi connectivity index (χ1n) is 9.52. The number of carbonyl (C=O) groups is 1. The van der Waals surface area contributed by atoms with Crippen molar-refractivity contribution in [2.45, 2.75) is 13.0 Å². The molecule has 0 spiro atoms. The van der Waals surface area contributed by atoms with E-state index in [2.05, 4.69) is 10.1 Å². The van der Waals surface area contributed by atoms with Crippen molar-refractivity contribution in [1.29, 1.82) is 0 Å². The minimum Gasteiger partial charge on any atom is -0.461 e. The highest BCUT2D eigenvalue weighted by Crippen LogP contribution is 2.24. The molecule has 5 rings (SSSR count). The Balaban J connectivity index is 1.23. The molecular formula is C23H18N4O2S. The number of ether oxygens (including phenoxy) is 1. The van der Waals surface area contributed by atoms with Gasteiger partial charge in [0.2, 0.25) is 0 Å². The molecule has 5 aromatic rings. The minimum atomic E-state index is -0.263. The zero-order chi connectivity index (χ0) is 20.3. The molecule has 0 unspecified atom stereocenters. The van der Waals surface area contributed by atoms with Crippen LogP contribution in [0.25, 0.3) is 21.9 Å². The molecule has 3 heterocycles. The summed E-state index contributed by atoms with van der Waals surface area (Å²) in [5, 5.41) is 6.16. The van der Waals surface area contributed by atoms with Crippen molar-refractivity contribution in [3.05, 3.63) is 95.9 Å². The zero-order valence-electron chi connectivity index (χ0n) is 16.0. The molecule has 7 heteroatoms. The predicted octanol–water partition coefficient (Wildman–Crippen LogP) is 4.53. The summed E-state index contributed by atoms with van der Waals surface area (Å²) < 4.78 is 9.23. The molecule has 0 amide bonds. The fraction of sp³-hybridized carbons (Fsp3) is 0.0870.